The fourth-order valence-electron chi connectivity index (χ4n) is 2.62. The van der Waals surface area contributed by atoms with E-state index in [2.05, 4.69) is 9.97 Å². The van der Waals surface area contributed by atoms with E-state index >= 15 is 0 Å². The summed E-state index contributed by atoms with van der Waals surface area (Å²) in [5, 5.41) is 29.7. The summed E-state index contributed by atoms with van der Waals surface area (Å²) in [5.74, 6) is -0.0175. The van der Waals surface area contributed by atoms with Gasteiger partial charge in [-0.1, -0.05) is 0 Å². The summed E-state index contributed by atoms with van der Waals surface area (Å²) in [6.07, 6.45) is -2.04. The number of hydrogen-bond donors (Lipinski definition) is 4. The molecule has 0 saturated carbocycles. The van der Waals surface area contributed by atoms with Gasteiger partial charge in [0.25, 0.3) is 5.56 Å². The molecule has 5 N–H and O–H groups in total. The summed E-state index contributed by atoms with van der Waals surface area (Å²) in [6, 6.07) is 0. The zero-order valence-electron chi connectivity index (χ0n) is 12.0. The highest BCUT2D eigenvalue weighted by molar-refractivity contribution is 5.71. The molecule has 22 heavy (non-hydrogen) atoms. The molecular weight excluding hydrogens is 294 g/mol. The lowest BCUT2D eigenvalue weighted by Crippen LogP contribution is -2.44. The summed E-state index contributed by atoms with van der Waals surface area (Å²) < 4.78 is 7.96. The lowest BCUT2D eigenvalue weighted by molar-refractivity contribution is -0.0950. The number of rotatable bonds is 2. The Kier molecular flexibility index (Phi) is 3.22. The second kappa shape index (κ2) is 4.74. The lowest BCUT2D eigenvalue weighted by Gasteiger charge is -2.27. The molecule has 3 rings (SSSR count). The predicted octanol–water partition coefficient (Wildman–Crippen LogP) is -2.29. The minimum Gasteiger partial charge on any atom is -0.394 e. The Morgan fingerprint density at radius 1 is 1.55 bits per heavy atom. The van der Waals surface area contributed by atoms with Gasteiger partial charge in [0.1, 0.15) is 17.8 Å². The number of nitrogens with zero attached hydrogens (tertiary/aromatic N) is 4. The summed E-state index contributed by atoms with van der Waals surface area (Å²) in [6.45, 7) is 0.909. The minimum absolute atomic E-state index is 0.0175. The van der Waals surface area contributed by atoms with Crippen LogP contribution in [0.4, 0.5) is 5.95 Å². The molecular formula is C12H17N5O5. The lowest BCUT2D eigenvalue weighted by atomic mass is 9.96. The van der Waals surface area contributed by atoms with Gasteiger partial charge in [0, 0.05) is 7.05 Å². The monoisotopic (exact) mass is 311 g/mol. The van der Waals surface area contributed by atoms with E-state index in [0.717, 1.165) is 4.57 Å². The first kappa shape index (κ1) is 14.9. The van der Waals surface area contributed by atoms with Crippen LogP contribution in [-0.2, 0) is 11.8 Å². The Bertz CT molecular complexity index is 782. The Morgan fingerprint density at radius 3 is 2.82 bits per heavy atom. The van der Waals surface area contributed by atoms with Crippen LogP contribution in [0.25, 0.3) is 11.2 Å². The number of ether oxygens (including phenoxy) is 1. The average molecular weight is 311 g/mol. The summed E-state index contributed by atoms with van der Waals surface area (Å²) >= 11 is 0. The van der Waals surface area contributed by atoms with Gasteiger partial charge >= 0.3 is 0 Å². The number of anilines is 1. The maximum Gasteiger partial charge on any atom is 0.282 e. The molecule has 0 spiro atoms. The Labute approximate surface area is 124 Å². The molecule has 0 amide bonds. The first-order chi connectivity index (χ1) is 10.3. The van der Waals surface area contributed by atoms with E-state index in [1.165, 1.54) is 24.9 Å². The maximum atomic E-state index is 12.1. The van der Waals surface area contributed by atoms with Crippen LogP contribution in [0.15, 0.2) is 11.1 Å². The first-order valence-corrected chi connectivity index (χ1v) is 6.64. The Morgan fingerprint density at radius 2 is 2.23 bits per heavy atom. The third-order valence-electron chi connectivity index (χ3n) is 4.03. The predicted molar refractivity (Wildman–Crippen MR) is 74.8 cm³/mol. The molecule has 120 valence electrons. The van der Waals surface area contributed by atoms with Crippen molar-refractivity contribution in [3.8, 4) is 0 Å². The molecule has 0 aromatic carbocycles. The zero-order valence-corrected chi connectivity index (χ0v) is 12.0. The summed E-state index contributed by atoms with van der Waals surface area (Å²) in [4.78, 5) is 20.2. The molecule has 4 atom stereocenters. The maximum absolute atomic E-state index is 12.1. The fourth-order valence-corrected chi connectivity index (χ4v) is 2.62. The molecule has 0 bridgehead atoms. The van der Waals surface area contributed by atoms with Crippen LogP contribution in [-0.4, -0.2) is 58.8 Å². The minimum atomic E-state index is -1.70. The van der Waals surface area contributed by atoms with Gasteiger partial charge in [-0.05, 0) is 6.92 Å². The van der Waals surface area contributed by atoms with Crippen molar-refractivity contribution in [2.45, 2.75) is 31.0 Å². The van der Waals surface area contributed by atoms with E-state index in [-0.39, 0.29) is 17.1 Å². The molecule has 1 saturated heterocycles. The normalized spacial score (nSPS) is 32.0. The van der Waals surface area contributed by atoms with Crippen LogP contribution >= 0.6 is 0 Å². The largest absolute Gasteiger partial charge is 0.394 e. The number of nitrogen functional groups attached to an aromatic ring is 1. The van der Waals surface area contributed by atoms with E-state index in [1.54, 1.807) is 0 Å². The van der Waals surface area contributed by atoms with Gasteiger partial charge in [-0.25, -0.2) is 4.98 Å². The quantitative estimate of drug-likeness (QED) is 0.484. The van der Waals surface area contributed by atoms with Crippen LogP contribution in [0.3, 0.4) is 0 Å². The number of fused-ring (bicyclic) bond motifs is 1. The van der Waals surface area contributed by atoms with Gasteiger partial charge in [0.2, 0.25) is 5.95 Å². The van der Waals surface area contributed by atoms with Crippen molar-refractivity contribution in [1.29, 1.82) is 0 Å². The van der Waals surface area contributed by atoms with Crippen molar-refractivity contribution in [2.75, 3.05) is 12.3 Å². The topological polar surface area (TPSA) is 149 Å². The second-order valence-electron chi connectivity index (χ2n) is 5.54. The smallest absolute Gasteiger partial charge is 0.282 e. The molecule has 1 aliphatic heterocycles. The molecule has 4 unspecified atom stereocenters. The molecule has 2 aromatic rings. The number of aliphatic hydroxyl groups excluding tert-OH is 2. The van der Waals surface area contributed by atoms with E-state index in [9.17, 15) is 20.1 Å². The molecule has 2 aromatic heterocycles. The van der Waals surface area contributed by atoms with Crippen LogP contribution in [0.1, 0.15) is 13.2 Å². The van der Waals surface area contributed by atoms with Gasteiger partial charge in [0.05, 0.1) is 12.9 Å². The number of hydrogen-bond acceptors (Lipinski definition) is 8. The molecule has 1 fully saturated rings. The van der Waals surface area contributed by atoms with Crippen LogP contribution < -0.4 is 11.3 Å². The highest BCUT2D eigenvalue weighted by atomic mass is 16.6. The highest BCUT2D eigenvalue weighted by Gasteiger charge is 2.53. The van der Waals surface area contributed by atoms with Crippen LogP contribution in [0.2, 0.25) is 0 Å². The zero-order chi connectivity index (χ0) is 16.2. The number of aliphatic hydroxyl groups is 3. The summed E-state index contributed by atoms with van der Waals surface area (Å²) in [5.41, 5.74) is 3.76. The van der Waals surface area contributed by atoms with Gasteiger partial charge < -0.3 is 25.8 Å². The SMILES string of the molecule is Cn1c(N)nc2c(ncn2C2OC(CO)C(O)C2(C)O)c1=O. The van der Waals surface area contributed by atoms with Crippen molar-refractivity contribution >= 4 is 17.1 Å². The molecule has 10 heteroatoms. The average Bonchev–Trinajstić information content (AvgIpc) is 2.97. The van der Waals surface area contributed by atoms with Gasteiger partial charge in [0.15, 0.2) is 17.4 Å². The highest BCUT2D eigenvalue weighted by Crippen LogP contribution is 2.38. The second-order valence-corrected chi connectivity index (χ2v) is 5.54. The van der Waals surface area contributed by atoms with Gasteiger partial charge in [-0.2, -0.15) is 4.98 Å². The molecule has 0 radical (unpaired) electrons. The molecule has 0 aliphatic carbocycles. The van der Waals surface area contributed by atoms with E-state index in [1.807, 2.05) is 0 Å². The molecule has 10 nitrogen and oxygen atoms in total. The molecule has 1 aliphatic rings. The van der Waals surface area contributed by atoms with Gasteiger partial charge in [-0.3, -0.25) is 13.9 Å². The van der Waals surface area contributed by atoms with Crippen molar-refractivity contribution in [2.24, 2.45) is 7.05 Å². The van der Waals surface area contributed by atoms with Crippen molar-refractivity contribution in [1.82, 2.24) is 19.1 Å². The standard InChI is InChI=1S/C12H17N5O5/c1-12(21)7(19)5(3-18)22-10(12)17-4-14-6-8(17)15-11(13)16(2)9(6)20/h4-5,7,10,18-19,21H,3H2,1-2H3,(H2,13,15). The van der Waals surface area contributed by atoms with E-state index < -0.39 is 36.2 Å². The van der Waals surface area contributed by atoms with E-state index in [0.29, 0.717) is 0 Å². The van der Waals surface area contributed by atoms with Crippen LogP contribution in [0.5, 0.6) is 0 Å². The Hall–Kier alpha value is -2.01. The van der Waals surface area contributed by atoms with Crippen LogP contribution in [0, 0.1) is 0 Å². The van der Waals surface area contributed by atoms with Crippen molar-refractivity contribution in [3.63, 3.8) is 0 Å². The molecule has 3 heterocycles. The first-order valence-electron chi connectivity index (χ1n) is 6.64. The van der Waals surface area contributed by atoms with Crippen molar-refractivity contribution in [3.05, 3.63) is 16.7 Å². The van der Waals surface area contributed by atoms with Gasteiger partial charge in [-0.15, -0.1) is 0 Å². The fraction of sp³-hybridized carbons (Fsp3) is 0.583. The number of nitrogens with two attached hydrogens (primary N) is 1. The number of aromatic nitrogens is 4. The third-order valence-corrected chi connectivity index (χ3v) is 4.03. The van der Waals surface area contributed by atoms with Crippen molar-refractivity contribution < 1.29 is 20.1 Å². The van der Waals surface area contributed by atoms with E-state index in [4.69, 9.17) is 10.5 Å². The number of imidazole rings is 1. The Balaban J connectivity index is 2.18. The third kappa shape index (κ3) is 1.85. The summed E-state index contributed by atoms with van der Waals surface area (Å²) in [7, 11) is 1.47.